The summed E-state index contributed by atoms with van der Waals surface area (Å²) >= 11 is 0. The molecule has 140 valence electrons. The first-order valence-corrected chi connectivity index (χ1v) is 8.69. The van der Waals surface area contributed by atoms with Crippen LogP contribution >= 0.6 is 0 Å². The van der Waals surface area contributed by atoms with Gasteiger partial charge in [-0.25, -0.2) is 0 Å². The molecule has 26 heavy (non-hydrogen) atoms. The number of carbonyl (C=O) groups is 1. The molecule has 2 rings (SSSR count). The number of aliphatic carboxylic acids is 1. The van der Waals surface area contributed by atoms with Gasteiger partial charge in [-0.1, -0.05) is 36.4 Å². The van der Waals surface area contributed by atoms with Gasteiger partial charge >= 0.3 is 5.97 Å². The fourth-order valence-electron chi connectivity index (χ4n) is 3.14. The fourth-order valence-corrected chi connectivity index (χ4v) is 3.14. The van der Waals surface area contributed by atoms with E-state index in [-0.39, 0.29) is 6.04 Å². The van der Waals surface area contributed by atoms with Crippen molar-refractivity contribution in [2.75, 3.05) is 14.2 Å². The van der Waals surface area contributed by atoms with Crippen molar-refractivity contribution in [3.05, 3.63) is 59.2 Å². The molecule has 0 aliphatic rings. The summed E-state index contributed by atoms with van der Waals surface area (Å²) in [6.45, 7) is 3.99. The minimum absolute atomic E-state index is 0.00314. The van der Waals surface area contributed by atoms with Crippen LogP contribution in [0.2, 0.25) is 0 Å². The lowest BCUT2D eigenvalue weighted by molar-refractivity contribution is -0.139. The van der Waals surface area contributed by atoms with Crippen molar-refractivity contribution in [2.24, 2.45) is 0 Å². The molecule has 0 amide bonds. The predicted molar refractivity (Wildman–Crippen MR) is 102 cm³/mol. The minimum atomic E-state index is -0.843. The number of hydrogen-bond donors (Lipinski definition) is 2. The minimum Gasteiger partial charge on any atom is -0.493 e. The molecule has 5 nitrogen and oxygen atoms in total. The van der Waals surface area contributed by atoms with Crippen LogP contribution in [0.5, 0.6) is 11.5 Å². The first kappa shape index (κ1) is 19.8. The van der Waals surface area contributed by atoms with E-state index in [1.54, 1.807) is 14.2 Å². The van der Waals surface area contributed by atoms with Crippen molar-refractivity contribution >= 4 is 5.97 Å². The quantitative estimate of drug-likeness (QED) is 0.721. The topological polar surface area (TPSA) is 67.8 Å². The SMILES string of the molecule is COc1ccc(CC(C)N[C@H](Cc2ccccc2)C(=O)O)c(C)c1OC. The zero-order chi connectivity index (χ0) is 19.1. The van der Waals surface area contributed by atoms with Crippen LogP contribution in [0.25, 0.3) is 0 Å². The lowest BCUT2D eigenvalue weighted by Crippen LogP contribution is -2.44. The van der Waals surface area contributed by atoms with Crippen LogP contribution in [-0.2, 0) is 17.6 Å². The van der Waals surface area contributed by atoms with Crippen LogP contribution in [0.3, 0.4) is 0 Å². The lowest BCUT2D eigenvalue weighted by Gasteiger charge is -2.22. The maximum absolute atomic E-state index is 11.6. The van der Waals surface area contributed by atoms with Crippen molar-refractivity contribution in [3.8, 4) is 11.5 Å². The van der Waals surface area contributed by atoms with Crippen molar-refractivity contribution in [1.82, 2.24) is 5.32 Å². The summed E-state index contributed by atoms with van der Waals surface area (Å²) < 4.78 is 10.8. The third kappa shape index (κ3) is 4.99. The van der Waals surface area contributed by atoms with Crippen molar-refractivity contribution in [1.29, 1.82) is 0 Å². The van der Waals surface area contributed by atoms with Gasteiger partial charge in [-0.2, -0.15) is 0 Å². The van der Waals surface area contributed by atoms with Gasteiger partial charge in [0.05, 0.1) is 14.2 Å². The van der Waals surface area contributed by atoms with E-state index in [9.17, 15) is 9.90 Å². The van der Waals surface area contributed by atoms with Gasteiger partial charge in [0.15, 0.2) is 11.5 Å². The Hall–Kier alpha value is -2.53. The molecule has 0 radical (unpaired) electrons. The maximum Gasteiger partial charge on any atom is 0.321 e. The van der Waals surface area contributed by atoms with E-state index in [0.717, 1.165) is 22.4 Å². The van der Waals surface area contributed by atoms with E-state index in [0.29, 0.717) is 18.6 Å². The first-order valence-electron chi connectivity index (χ1n) is 8.69. The largest absolute Gasteiger partial charge is 0.493 e. The fraction of sp³-hybridized carbons (Fsp3) is 0.381. The molecule has 0 aliphatic carbocycles. The summed E-state index contributed by atoms with van der Waals surface area (Å²) in [6.07, 6.45) is 1.15. The molecule has 0 spiro atoms. The number of nitrogens with one attached hydrogen (secondary N) is 1. The van der Waals surface area contributed by atoms with Gasteiger partial charge in [-0.15, -0.1) is 0 Å². The second kappa shape index (κ2) is 9.25. The van der Waals surface area contributed by atoms with Crippen molar-refractivity contribution < 1.29 is 19.4 Å². The molecule has 2 aromatic carbocycles. The number of ether oxygens (including phenoxy) is 2. The summed E-state index contributed by atoms with van der Waals surface area (Å²) in [5, 5.41) is 12.8. The van der Waals surface area contributed by atoms with Gasteiger partial charge in [0.1, 0.15) is 6.04 Å². The smallest absolute Gasteiger partial charge is 0.321 e. The molecule has 0 aromatic heterocycles. The first-order chi connectivity index (χ1) is 12.5. The highest BCUT2D eigenvalue weighted by atomic mass is 16.5. The van der Waals surface area contributed by atoms with Gasteiger partial charge in [0.2, 0.25) is 0 Å². The molecule has 0 saturated carbocycles. The molecule has 0 fully saturated rings. The second-order valence-corrected chi connectivity index (χ2v) is 6.44. The van der Waals surface area contributed by atoms with E-state index < -0.39 is 12.0 Å². The highest BCUT2D eigenvalue weighted by molar-refractivity contribution is 5.74. The molecule has 1 unspecified atom stereocenters. The molecular weight excluding hydrogens is 330 g/mol. The van der Waals surface area contributed by atoms with Gasteiger partial charge in [-0.05, 0) is 49.4 Å². The summed E-state index contributed by atoms with van der Waals surface area (Å²) in [4.78, 5) is 11.6. The molecule has 2 aromatic rings. The number of carboxylic acids is 1. The Morgan fingerprint density at radius 2 is 1.77 bits per heavy atom. The Morgan fingerprint density at radius 3 is 2.35 bits per heavy atom. The van der Waals surface area contributed by atoms with E-state index in [1.165, 1.54) is 0 Å². The van der Waals surface area contributed by atoms with E-state index in [4.69, 9.17) is 9.47 Å². The third-order valence-corrected chi connectivity index (χ3v) is 4.50. The lowest BCUT2D eigenvalue weighted by atomic mass is 9.99. The molecule has 2 N–H and O–H groups in total. The average molecular weight is 357 g/mol. The van der Waals surface area contributed by atoms with Crippen LogP contribution in [0.15, 0.2) is 42.5 Å². The molecule has 2 atom stereocenters. The summed E-state index contributed by atoms with van der Waals surface area (Å²) in [5.41, 5.74) is 3.11. The Labute approximate surface area is 155 Å². The van der Waals surface area contributed by atoms with Gasteiger partial charge in [-0.3, -0.25) is 4.79 Å². The molecule has 0 saturated heterocycles. The molecule has 0 heterocycles. The number of methoxy groups -OCH3 is 2. The second-order valence-electron chi connectivity index (χ2n) is 6.44. The van der Waals surface area contributed by atoms with Crippen LogP contribution in [0.1, 0.15) is 23.6 Å². The predicted octanol–water partition coefficient (Wildman–Crippen LogP) is 3.23. The van der Waals surface area contributed by atoms with Crippen LogP contribution in [-0.4, -0.2) is 37.4 Å². The normalized spacial score (nSPS) is 13.1. The van der Waals surface area contributed by atoms with E-state index in [1.807, 2.05) is 56.3 Å². The average Bonchev–Trinajstić information content (AvgIpc) is 2.63. The maximum atomic E-state index is 11.6. The molecule has 0 bridgehead atoms. The zero-order valence-electron chi connectivity index (χ0n) is 15.8. The summed E-state index contributed by atoms with van der Waals surface area (Å²) in [6, 6.07) is 12.9. The van der Waals surface area contributed by atoms with E-state index in [2.05, 4.69) is 5.32 Å². The Bertz CT molecular complexity index is 730. The Morgan fingerprint density at radius 1 is 1.08 bits per heavy atom. The number of benzene rings is 2. The molecule has 0 aliphatic heterocycles. The number of rotatable bonds is 9. The third-order valence-electron chi connectivity index (χ3n) is 4.50. The van der Waals surface area contributed by atoms with Crippen molar-refractivity contribution in [2.45, 2.75) is 38.8 Å². The zero-order valence-corrected chi connectivity index (χ0v) is 15.8. The summed E-state index contributed by atoms with van der Waals surface area (Å²) in [7, 11) is 3.23. The van der Waals surface area contributed by atoms with Crippen LogP contribution in [0.4, 0.5) is 0 Å². The van der Waals surface area contributed by atoms with E-state index >= 15 is 0 Å². The van der Waals surface area contributed by atoms with Gasteiger partial charge < -0.3 is 19.9 Å². The highest BCUT2D eigenvalue weighted by Gasteiger charge is 2.21. The summed E-state index contributed by atoms with van der Waals surface area (Å²) in [5.74, 6) is 0.572. The monoisotopic (exact) mass is 357 g/mol. The van der Waals surface area contributed by atoms with Gasteiger partial charge in [0, 0.05) is 6.04 Å². The van der Waals surface area contributed by atoms with Crippen molar-refractivity contribution in [3.63, 3.8) is 0 Å². The molecule has 5 heteroatoms. The molecular formula is C21H27NO4. The highest BCUT2D eigenvalue weighted by Crippen LogP contribution is 2.33. The Kier molecular flexibility index (Phi) is 7.04. The standard InChI is InChI=1S/C21H27NO4/c1-14(12-17-10-11-19(25-3)20(26-4)15(17)2)22-18(21(23)24)13-16-8-6-5-7-9-16/h5-11,14,18,22H,12-13H2,1-4H3,(H,23,24)/t14?,18-/m1/s1. The van der Waals surface area contributed by atoms with Crippen LogP contribution in [0, 0.1) is 6.92 Å². The van der Waals surface area contributed by atoms with Crippen LogP contribution < -0.4 is 14.8 Å². The number of hydrogen-bond acceptors (Lipinski definition) is 4. The Balaban J connectivity index is 2.08. The van der Waals surface area contributed by atoms with Gasteiger partial charge in [0.25, 0.3) is 0 Å². The number of carboxylic acid groups (broad SMARTS) is 1.